The number of amides is 2. The van der Waals surface area contributed by atoms with Gasteiger partial charge in [0.25, 0.3) is 5.91 Å². The summed E-state index contributed by atoms with van der Waals surface area (Å²) < 4.78 is 18.8. The monoisotopic (exact) mass is 438 g/mol. The van der Waals surface area contributed by atoms with Gasteiger partial charge in [-0.2, -0.15) is 0 Å². The summed E-state index contributed by atoms with van der Waals surface area (Å²) in [4.78, 5) is 27.6. The van der Waals surface area contributed by atoms with Crippen molar-refractivity contribution in [2.45, 2.75) is 19.0 Å². The summed E-state index contributed by atoms with van der Waals surface area (Å²) in [6.07, 6.45) is -0.0129. The van der Waals surface area contributed by atoms with Crippen LogP contribution in [0.4, 0.5) is 10.1 Å². The second kappa shape index (κ2) is 8.78. The van der Waals surface area contributed by atoms with Crippen LogP contribution in [0.15, 0.2) is 66.7 Å². The standard InChI is InChI=1S/C24H20ClFN2O3/c1-31-22-11-8-17(25)12-20(22)27-23(29)13-21(15-6-9-18(26)10-7-15)28-14-16-4-2-3-5-19(16)24(28)30/h2-12,21H,13-14H2,1H3,(H,27,29). The molecular weight excluding hydrogens is 419 g/mol. The van der Waals surface area contributed by atoms with Gasteiger partial charge < -0.3 is 15.0 Å². The van der Waals surface area contributed by atoms with E-state index in [0.717, 1.165) is 5.56 Å². The number of benzene rings is 3. The Morgan fingerprint density at radius 2 is 1.90 bits per heavy atom. The lowest BCUT2D eigenvalue weighted by molar-refractivity contribution is -0.117. The summed E-state index contributed by atoms with van der Waals surface area (Å²) in [7, 11) is 1.50. The molecule has 31 heavy (non-hydrogen) atoms. The Balaban J connectivity index is 1.62. The fourth-order valence-corrected chi connectivity index (χ4v) is 3.95. The number of anilines is 1. The third-order valence-electron chi connectivity index (χ3n) is 5.29. The molecular formula is C24H20ClFN2O3. The Morgan fingerprint density at radius 3 is 2.61 bits per heavy atom. The highest BCUT2D eigenvalue weighted by molar-refractivity contribution is 6.31. The maximum absolute atomic E-state index is 13.5. The van der Waals surface area contributed by atoms with Gasteiger partial charge in [-0.05, 0) is 47.5 Å². The molecule has 1 atom stereocenters. The van der Waals surface area contributed by atoms with Crippen molar-refractivity contribution in [2.75, 3.05) is 12.4 Å². The molecule has 2 amide bonds. The number of nitrogens with zero attached hydrogens (tertiary/aromatic N) is 1. The number of hydrogen-bond donors (Lipinski definition) is 1. The highest BCUT2D eigenvalue weighted by atomic mass is 35.5. The second-order valence-electron chi connectivity index (χ2n) is 7.25. The summed E-state index contributed by atoms with van der Waals surface area (Å²) >= 11 is 6.05. The van der Waals surface area contributed by atoms with E-state index in [9.17, 15) is 14.0 Å². The van der Waals surface area contributed by atoms with Gasteiger partial charge in [0, 0.05) is 17.1 Å². The zero-order chi connectivity index (χ0) is 22.0. The van der Waals surface area contributed by atoms with Crippen LogP contribution in [0.2, 0.25) is 5.02 Å². The quantitative estimate of drug-likeness (QED) is 0.574. The molecule has 4 rings (SSSR count). The van der Waals surface area contributed by atoms with E-state index in [2.05, 4.69) is 5.32 Å². The van der Waals surface area contributed by atoms with Gasteiger partial charge in [0.15, 0.2) is 0 Å². The number of rotatable bonds is 6. The number of methoxy groups -OCH3 is 1. The predicted octanol–water partition coefficient (Wildman–Crippen LogP) is 5.21. The summed E-state index contributed by atoms with van der Waals surface area (Å²) in [6, 6.07) is 17.6. The average Bonchev–Trinajstić information content (AvgIpc) is 3.09. The Morgan fingerprint density at radius 1 is 1.16 bits per heavy atom. The lowest BCUT2D eigenvalue weighted by Crippen LogP contribution is -2.32. The number of ether oxygens (including phenoxy) is 1. The number of fused-ring (bicyclic) bond motifs is 1. The molecule has 158 valence electrons. The van der Waals surface area contributed by atoms with E-state index in [4.69, 9.17) is 16.3 Å². The first kappa shape index (κ1) is 20.9. The van der Waals surface area contributed by atoms with Gasteiger partial charge in [-0.15, -0.1) is 0 Å². The smallest absolute Gasteiger partial charge is 0.255 e. The van der Waals surface area contributed by atoms with E-state index in [1.54, 1.807) is 41.3 Å². The van der Waals surface area contributed by atoms with Gasteiger partial charge in [0.2, 0.25) is 5.91 Å². The highest BCUT2D eigenvalue weighted by Gasteiger charge is 2.34. The third-order valence-corrected chi connectivity index (χ3v) is 5.53. The molecule has 1 N–H and O–H groups in total. The van der Waals surface area contributed by atoms with Crippen molar-refractivity contribution in [1.29, 1.82) is 0 Å². The minimum atomic E-state index is -0.564. The molecule has 1 aliphatic rings. The van der Waals surface area contributed by atoms with E-state index in [-0.39, 0.29) is 24.1 Å². The first-order valence-electron chi connectivity index (χ1n) is 9.74. The number of carbonyl (C=O) groups is 2. The molecule has 0 fully saturated rings. The van der Waals surface area contributed by atoms with Crippen molar-refractivity contribution < 1.29 is 18.7 Å². The Bertz CT molecular complexity index is 1130. The van der Waals surface area contributed by atoms with Crippen molar-refractivity contribution in [3.05, 3.63) is 94.3 Å². The number of halogens is 2. The lowest BCUT2D eigenvalue weighted by Gasteiger charge is -2.28. The van der Waals surface area contributed by atoms with E-state index in [0.29, 0.717) is 34.1 Å². The van der Waals surface area contributed by atoms with Gasteiger partial charge in [0.1, 0.15) is 11.6 Å². The molecule has 0 bridgehead atoms. The van der Waals surface area contributed by atoms with Gasteiger partial charge in [-0.3, -0.25) is 9.59 Å². The lowest BCUT2D eigenvalue weighted by atomic mass is 10.0. The van der Waals surface area contributed by atoms with Gasteiger partial charge >= 0.3 is 0 Å². The maximum atomic E-state index is 13.5. The minimum Gasteiger partial charge on any atom is -0.495 e. The maximum Gasteiger partial charge on any atom is 0.255 e. The van der Waals surface area contributed by atoms with Crippen molar-refractivity contribution >= 4 is 29.1 Å². The largest absolute Gasteiger partial charge is 0.495 e. The Hall–Kier alpha value is -3.38. The fraction of sp³-hybridized carbons (Fsp3) is 0.167. The van der Waals surface area contributed by atoms with Crippen molar-refractivity contribution in [1.82, 2.24) is 4.90 Å². The van der Waals surface area contributed by atoms with Crippen LogP contribution < -0.4 is 10.1 Å². The first-order valence-corrected chi connectivity index (χ1v) is 10.1. The van der Waals surface area contributed by atoms with E-state index in [1.165, 1.54) is 19.2 Å². The molecule has 3 aromatic rings. The number of hydrogen-bond acceptors (Lipinski definition) is 3. The Labute approximate surface area is 184 Å². The van der Waals surface area contributed by atoms with Crippen LogP contribution in [0, 0.1) is 5.82 Å². The summed E-state index contributed by atoms with van der Waals surface area (Å²) in [5, 5.41) is 3.27. The molecule has 0 radical (unpaired) electrons. The highest BCUT2D eigenvalue weighted by Crippen LogP contribution is 2.34. The van der Waals surface area contributed by atoms with Crippen molar-refractivity contribution in [3.8, 4) is 5.75 Å². The fourth-order valence-electron chi connectivity index (χ4n) is 3.78. The van der Waals surface area contributed by atoms with E-state index >= 15 is 0 Å². The summed E-state index contributed by atoms with van der Waals surface area (Å²) in [6.45, 7) is 0.380. The van der Waals surface area contributed by atoms with Crippen LogP contribution in [0.1, 0.15) is 33.9 Å². The molecule has 1 heterocycles. The van der Waals surface area contributed by atoms with E-state index in [1.807, 2.05) is 18.2 Å². The molecule has 0 aromatic heterocycles. The average molecular weight is 439 g/mol. The van der Waals surface area contributed by atoms with Crippen molar-refractivity contribution in [3.63, 3.8) is 0 Å². The zero-order valence-corrected chi connectivity index (χ0v) is 17.5. The molecule has 0 saturated heterocycles. The molecule has 0 saturated carbocycles. The molecule has 1 aliphatic heterocycles. The molecule has 7 heteroatoms. The van der Waals surface area contributed by atoms with Crippen LogP contribution >= 0.6 is 11.6 Å². The van der Waals surface area contributed by atoms with Gasteiger partial charge in [-0.25, -0.2) is 4.39 Å². The topological polar surface area (TPSA) is 58.6 Å². The third kappa shape index (κ3) is 4.39. The summed E-state index contributed by atoms with van der Waals surface area (Å²) in [5.74, 6) is -0.385. The predicted molar refractivity (Wildman–Crippen MR) is 117 cm³/mol. The number of nitrogens with one attached hydrogen (secondary N) is 1. The van der Waals surface area contributed by atoms with Gasteiger partial charge in [-0.1, -0.05) is 41.9 Å². The SMILES string of the molecule is COc1ccc(Cl)cc1NC(=O)CC(c1ccc(F)cc1)N1Cc2ccccc2C1=O. The zero-order valence-electron chi connectivity index (χ0n) is 16.8. The molecule has 3 aromatic carbocycles. The minimum absolute atomic E-state index is 0.0129. The van der Waals surface area contributed by atoms with Crippen molar-refractivity contribution in [2.24, 2.45) is 0 Å². The van der Waals surface area contributed by atoms with Crippen LogP contribution in [0.5, 0.6) is 5.75 Å². The second-order valence-corrected chi connectivity index (χ2v) is 7.69. The van der Waals surface area contributed by atoms with Gasteiger partial charge in [0.05, 0.1) is 25.3 Å². The van der Waals surface area contributed by atoms with Crippen LogP contribution in [-0.2, 0) is 11.3 Å². The van der Waals surface area contributed by atoms with E-state index < -0.39 is 6.04 Å². The Kier molecular flexibility index (Phi) is 5.91. The van der Waals surface area contributed by atoms with Crippen LogP contribution in [0.3, 0.4) is 0 Å². The van der Waals surface area contributed by atoms with Crippen LogP contribution in [0.25, 0.3) is 0 Å². The molecule has 1 unspecified atom stereocenters. The molecule has 0 aliphatic carbocycles. The van der Waals surface area contributed by atoms with Crippen LogP contribution in [-0.4, -0.2) is 23.8 Å². The normalized spacial score (nSPS) is 13.6. The summed E-state index contributed by atoms with van der Waals surface area (Å²) in [5.41, 5.74) is 2.63. The first-order chi connectivity index (χ1) is 15.0. The molecule has 5 nitrogen and oxygen atoms in total. The number of carbonyl (C=O) groups excluding carboxylic acids is 2. The molecule has 0 spiro atoms.